The van der Waals surface area contributed by atoms with Gasteiger partial charge in [-0.2, -0.15) is 0 Å². The lowest BCUT2D eigenvalue weighted by molar-refractivity contribution is 0.768. The molecule has 2 N–H and O–H groups in total. The molecule has 1 aromatic heterocycles. The van der Waals surface area contributed by atoms with Gasteiger partial charge in [0, 0.05) is 19.8 Å². The molecule has 0 fully saturated rings. The van der Waals surface area contributed by atoms with Gasteiger partial charge in [-0.3, -0.25) is 9.36 Å². The van der Waals surface area contributed by atoms with Crippen LogP contribution in [-0.4, -0.2) is 16.6 Å². The minimum Gasteiger partial charge on any atom is -0.382 e. The number of aryl methyl sites for hydroxylation is 1. The van der Waals surface area contributed by atoms with Crippen molar-refractivity contribution in [1.29, 1.82) is 0 Å². The van der Waals surface area contributed by atoms with Crippen LogP contribution in [0.4, 0.5) is 5.69 Å². The van der Waals surface area contributed by atoms with Gasteiger partial charge in [-0.15, -0.1) is 0 Å². The molecule has 5 nitrogen and oxygen atoms in total. The first-order valence-corrected chi connectivity index (χ1v) is 3.55. The number of rotatable bonds is 1. The van der Waals surface area contributed by atoms with Crippen molar-refractivity contribution in [3.63, 3.8) is 0 Å². The first kappa shape index (κ1) is 8.58. The van der Waals surface area contributed by atoms with Crippen LogP contribution in [-0.2, 0) is 7.05 Å². The van der Waals surface area contributed by atoms with E-state index in [1.165, 1.54) is 7.05 Å². The summed E-state index contributed by atoms with van der Waals surface area (Å²) in [6, 6.07) is 0. The average molecular weight is 169 g/mol. The summed E-state index contributed by atoms with van der Waals surface area (Å²) in [6.45, 7) is 1.68. The summed E-state index contributed by atoms with van der Waals surface area (Å²) in [7, 11) is 3.07. The Morgan fingerprint density at radius 1 is 1.42 bits per heavy atom. The van der Waals surface area contributed by atoms with Gasteiger partial charge in [0.25, 0.3) is 5.56 Å². The fourth-order valence-electron chi connectivity index (χ4n) is 1.02. The normalized spacial score (nSPS) is 9.92. The summed E-state index contributed by atoms with van der Waals surface area (Å²) in [5.41, 5.74) is 0.290. The highest BCUT2D eigenvalue weighted by Gasteiger charge is 2.05. The lowest BCUT2D eigenvalue weighted by Gasteiger charge is -2.04. The number of aromatic nitrogens is 2. The third-order valence-electron chi connectivity index (χ3n) is 1.74. The molecule has 0 radical (unpaired) electrons. The fourth-order valence-corrected chi connectivity index (χ4v) is 1.02. The molecule has 0 bridgehead atoms. The van der Waals surface area contributed by atoms with Crippen LogP contribution in [0.25, 0.3) is 0 Å². The second-order valence-electron chi connectivity index (χ2n) is 2.54. The molecule has 0 amide bonds. The molecule has 0 saturated heterocycles. The first-order chi connectivity index (χ1) is 5.57. The van der Waals surface area contributed by atoms with Crippen molar-refractivity contribution in [2.24, 2.45) is 7.05 Å². The largest absolute Gasteiger partial charge is 0.382 e. The van der Waals surface area contributed by atoms with Gasteiger partial charge in [0.1, 0.15) is 5.69 Å². The Bertz CT molecular complexity index is 402. The number of H-pyrrole nitrogens is 1. The van der Waals surface area contributed by atoms with E-state index in [-0.39, 0.29) is 5.56 Å². The summed E-state index contributed by atoms with van der Waals surface area (Å²) in [6.07, 6.45) is 0. The second-order valence-corrected chi connectivity index (χ2v) is 2.54. The molecule has 12 heavy (non-hydrogen) atoms. The van der Waals surface area contributed by atoms with E-state index in [1.807, 2.05) is 0 Å². The van der Waals surface area contributed by atoms with E-state index in [4.69, 9.17) is 0 Å². The molecule has 1 aromatic rings. The highest BCUT2D eigenvalue weighted by atomic mass is 16.2. The monoisotopic (exact) mass is 169 g/mol. The fraction of sp³-hybridized carbons (Fsp3) is 0.429. The molecule has 0 aliphatic carbocycles. The molecule has 0 unspecified atom stereocenters. The lowest BCUT2D eigenvalue weighted by Crippen LogP contribution is -2.34. The predicted molar refractivity (Wildman–Crippen MR) is 46.6 cm³/mol. The smallest absolute Gasteiger partial charge is 0.328 e. The Balaban J connectivity index is 3.63. The van der Waals surface area contributed by atoms with Gasteiger partial charge in [-0.25, -0.2) is 4.79 Å². The molecule has 0 aromatic carbocycles. The predicted octanol–water partition coefficient (Wildman–Crippen LogP) is -0.576. The van der Waals surface area contributed by atoms with Gasteiger partial charge in [0.2, 0.25) is 0 Å². The molecule has 1 heterocycles. The summed E-state index contributed by atoms with van der Waals surface area (Å²) >= 11 is 0. The molecule has 0 saturated carbocycles. The van der Waals surface area contributed by atoms with Gasteiger partial charge in [0.05, 0.1) is 0 Å². The molecule has 0 aliphatic rings. The van der Waals surface area contributed by atoms with Gasteiger partial charge in [-0.05, 0) is 6.92 Å². The number of aromatic amines is 1. The molecule has 0 aliphatic heterocycles. The Hall–Kier alpha value is -1.52. The summed E-state index contributed by atoms with van der Waals surface area (Å²) in [4.78, 5) is 24.9. The third-order valence-corrected chi connectivity index (χ3v) is 1.74. The number of nitrogens with one attached hydrogen (secondary N) is 2. The van der Waals surface area contributed by atoms with Crippen LogP contribution in [0.5, 0.6) is 0 Å². The Labute approximate surface area is 69.0 Å². The first-order valence-electron chi connectivity index (χ1n) is 3.55. The minimum absolute atomic E-state index is 0.307. The highest BCUT2D eigenvalue weighted by Crippen LogP contribution is 1.99. The van der Waals surface area contributed by atoms with Crippen LogP contribution >= 0.6 is 0 Å². The number of nitrogens with zero attached hydrogens (tertiary/aromatic N) is 1. The van der Waals surface area contributed by atoms with Crippen molar-refractivity contribution >= 4 is 5.69 Å². The van der Waals surface area contributed by atoms with E-state index in [9.17, 15) is 9.59 Å². The van der Waals surface area contributed by atoms with Crippen molar-refractivity contribution in [2.75, 3.05) is 12.4 Å². The van der Waals surface area contributed by atoms with Crippen molar-refractivity contribution < 1.29 is 0 Å². The van der Waals surface area contributed by atoms with Crippen molar-refractivity contribution in [1.82, 2.24) is 9.55 Å². The standard InChI is InChI=1S/C7H11N3O2/c1-4-5(8-2)6(11)10(3)7(12)9-4/h8H,1-3H3,(H,9,12). The van der Waals surface area contributed by atoms with E-state index in [1.54, 1.807) is 14.0 Å². The highest BCUT2D eigenvalue weighted by molar-refractivity contribution is 5.43. The number of hydrogen-bond donors (Lipinski definition) is 2. The SMILES string of the molecule is CNc1c(C)[nH]c(=O)n(C)c1=O. The Morgan fingerprint density at radius 3 is 2.50 bits per heavy atom. The summed E-state index contributed by atoms with van der Waals surface area (Å²) < 4.78 is 1.03. The molecule has 66 valence electrons. The maximum Gasteiger partial charge on any atom is 0.328 e. The maximum atomic E-state index is 11.3. The molecule has 0 atom stereocenters. The van der Waals surface area contributed by atoms with Gasteiger partial charge >= 0.3 is 5.69 Å². The van der Waals surface area contributed by atoms with Crippen molar-refractivity contribution in [3.05, 3.63) is 26.5 Å². The van der Waals surface area contributed by atoms with Gasteiger partial charge in [-0.1, -0.05) is 0 Å². The van der Waals surface area contributed by atoms with E-state index in [2.05, 4.69) is 10.3 Å². The van der Waals surface area contributed by atoms with Crippen LogP contribution in [0.1, 0.15) is 5.69 Å². The third kappa shape index (κ3) is 1.13. The number of anilines is 1. The maximum absolute atomic E-state index is 11.3. The Morgan fingerprint density at radius 2 is 2.00 bits per heavy atom. The van der Waals surface area contributed by atoms with Gasteiger partial charge in [0.15, 0.2) is 0 Å². The minimum atomic E-state index is -0.392. The summed E-state index contributed by atoms with van der Waals surface area (Å²) in [5.74, 6) is 0. The molecule has 1 rings (SSSR count). The lowest BCUT2D eigenvalue weighted by atomic mass is 10.4. The van der Waals surface area contributed by atoms with E-state index in [0.717, 1.165) is 4.57 Å². The van der Waals surface area contributed by atoms with Crippen LogP contribution < -0.4 is 16.6 Å². The Kier molecular flexibility index (Phi) is 2.03. The summed E-state index contributed by atoms with van der Waals surface area (Å²) in [5, 5.41) is 2.73. The zero-order valence-electron chi connectivity index (χ0n) is 7.26. The second kappa shape index (κ2) is 2.84. The van der Waals surface area contributed by atoms with Crippen LogP contribution in [0, 0.1) is 6.92 Å². The zero-order chi connectivity index (χ0) is 9.30. The van der Waals surface area contributed by atoms with Gasteiger partial charge < -0.3 is 10.3 Å². The zero-order valence-corrected chi connectivity index (χ0v) is 7.26. The van der Waals surface area contributed by atoms with Crippen LogP contribution in [0.2, 0.25) is 0 Å². The van der Waals surface area contributed by atoms with E-state index >= 15 is 0 Å². The van der Waals surface area contributed by atoms with Crippen molar-refractivity contribution in [3.8, 4) is 0 Å². The molecule has 5 heteroatoms. The number of hydrogen-bond acceptors (Lipinski definition) is 3. The van der Waals surface area contributed by atoms with E-state index < -0.39 is 5.69 Å². The molecular weight excluding hydrogens is 158 g/mol. The molecular formula is C7H11N3O2. The van der Waals surface area contributed by atoms with E-state index in [0.29, 0.717) is 11.4 Å². The van der Waals surface area contributed by atoms with Crippen LogP contribution in [0.3, 0.4) is 0 Å². The van der Waals surface area contributed by atoms with Crippen molar-refractivity contribution in [2.45, 2.75) is 6.92 Å². The van der Waals surface area contributed by atoms with Crippen LogP contribution in [0.15, 0.2) is 9.59 Å². The molecule has 0 spiro atoms. The topological polar surface area (TPSA) is 66.9 Å². The average Bonchev–Trinajstić information content (AvgIpc) is 2.01. The quantitative estimate of drug-likeness (QED) is 0.591.